The van der Waals surface area contributed by atoms with E-state index in [2.05, 4.69) is 32.0 Å². The molecule has 1 fully saturated rings. The lowest BCUT2D eigenvalue weighted by Gasteiger charge is -2.24. The first kappa shape index (κ1) is 15.9. The van der Waals surface area contributed by atoms with Crippen molar-refractivity contribution >= 4 is 23.7 Å². The van der Waals surface area contributed by atoms with Crippen LogP contribution in [-0.2, 0) is 4.79 Å². The molecule has 118 valence electrons. The number of thioether (sulfide) groups is 1. The third-order valence-electron chi connectivity index (χ3n) is 4.08. The molecule has 2 nitrogen and oxygen atoms in total. The van der Waals surface area contributed by atoms with Crippen molar-refractivity contribution in [1.82, 2.24) is 4.90 Å². The molecule has 1 heterocycles. The van der Waals surface area contributed by atoms with E-state index >= 15 is 0 Å². The van der Waals surface area contributed by atoms with Crippen LogP contribution in [0.5, 0.6) is 0 Å². The minimum absolute atomic E-state index is 0.0869. The number of nitrogens with zero attached hydrogens (tertiary/aromatic N) is 1. The van der Waals surface area contributed by atoms with Crippen LogP contribution in [0.1, 0.15) is 27.6 Å². The van der Waals surface area contributed by atoms with E-state index in [1.165, 1.54) is 16.7 Å². The van der Waals surface area contributed by atoms with E-state index in [1.54, 1.807) is 6.08 Å². The van der Waals surface area contributed by atoms with E-state index in [9.17, 15) is 4.79 Å². The van der Waals surface area contributed by atoms with Gasteiger partial charge in [0.05, 0.1) is 0 Å². The van der Waals surface area contributed by atoms with Gasteiger partial charge in [0.15, 0.2) is 0 Å². The third kappa shape index (κ3) is 3.67. The second kappa shape index (κ2) is 7.05. The van der Waals surface area contributed by atoms with Gasteiger partial charge in [-0.1, -0.05) is 54.1 Å². The molecule has 0 aromatic heterocycles. The number of amides is 1. The van der Waals surface area contributed by atoms with Crippen molar-refractivity contribution in [3.8, 4) is 0 Å². The summed E-state index contributed by atoms with van der Waals surface area (Å²) in [4.78, 5) is 14.6. The summed E-state index contributed by atoms with van der Waals surface area (Å²) in [5.74, 6) is 1.08. The molecule has 0 radical (unpaired) electrons. The summed E-state index contributed by atoms with van der Waals surface area (Å²) in [6, 6.07) is 16.4. The van der Waals surface area contributed by atoms with E-state index in [0.29, 0.717) is 0 Å². The van der Waals surface area contributed by atoms with Crippen molar-refractivity contribution in [2.45, 2.75) is 19.2 Å². The molecule has 3 heteroatoms. The van der Waals surface area contributed by atoms with Gasteiger partial charge in [-0.3, -0.25) is 4.79 Å². The van der Waals surface area contributed by atoms with E-state index in [4.69, 9.17) is 0 Å². The molecule has 0 N–H and O–H groups in total. The van der Waals surface area contributed by atoms with E-state index < -0.39 is 0 Å². The molecule has 0 bridgehead atoms. The van der Waals surface area contributed by atoms with Crippen LogP contribution in [0.3, 0.4) is 0 Å². The average Bonchev–Trinajstić information content (AvgIpc) is 3.03. The van der Waals surface area contributed by atoms with Crippen LogP contribution in [0.4, 0.5) is 0 Å². The highest BCUT2D eigenvalue weighted by Crippen LogP contribution is 2.39. The standard InChI is InChI=1S/C20H21NOS/c1-15-8-10-18(16(2)14-15)20-21(12-13-23-20)19(22)11-9-17-6-4-3-5-7-17/h3-11,14,20H,12-13H2,1-2H3. The van der Waals surface area contributed by atoms with Crippen molar-refractivity contribution in [3.63, 3.8) is 0 Å². The Hall–Kier alpha value is -2.00. The van der Waals surface area contributed by atoms with Gasteiger partial charge in [-0.05, 0) is 36.6 Å². The summed E-state index contributed by atoms with van der Waals surface area (Å²) in [5, 5.41) is 0.128. The van der Waals surface area contributed by atoms with Crippen LogP contribution >= 0.6 is 11.8 Å². The lowest BCUT2D eigenvalue weighted by molar-refractivity contribution is -0.126. The van der Waals surface area contributed by atoms with Crippen LogP contribution in [0, 0.1) is 13.8 Å². The molecule has 23 heavy (non-hydrogen) atoms. The van der Waals surface area contributed by atoms with Gasteiger partial charge < -0.3 is 4.90 Å². The molecule has 1 atom stereocenters. The fourth-order valence-electron chi connectivity index (χ4n) is 2.88. The molecule has 1 aliphatic rings. The van der Waals surface area contributed by atoms with Gasteiger partial charge >= 0.3 is 0 Å². The second-order valence-corrected chi connectivity index (χ2v) is 7.05. The Balaban J connectivity index is 1.78. The second-order valence-electron chi connectivity index (χ2n) is 5.86. The Kier molecular flexibility index (Phi) is 4.87. The number of carbonyl (C=O) groups is 1. The fourth-order valence-corrected chi connectivity index (χ4v) is 4.24. The zero-order valence-electron chi connectivity index (χ0n) is 13.5. The molecule has 0 aliphatic carbocycles. The van der Waals surface area contributed by atoms with E-state index in [0.717, 1.165) is 17.9 Å². The van der Waals surface area contributed by atoms with Gasteiger partial charge in [0.25, 0.3) is 0 Å². The molecule has 0 saturated carbocycles. The molecule has 1 amide bonds. The maximum atomic E-state index is 12.6. The number of hydrogen-bond donors (Lipinski definition) is 0. The monoisotopic (exact) mass is 323 g/mol. The van der Waals surface area contributed by atoms with Gasteiger partial charge in [-0.25, -0.2) is 0 Å². The first-order valence-electron chi connectivity index (χ1n) is 7.87. The van der Waals surface area contributed by atoms with E-state index in [1.807, 2.05) is 53.1 Å². The van der Waals surface area contributed by atoms with Gasteiger partial charge in [-0.2, -0.15) is 0 Å². The Morgan fingerprint density at radius 3 is 2.70 bits per heavy atom. The number of hydrogen-bond acceptors (Lipinski definition) is 2. The Morgan fingerprint density at radius 1 is 1.17 bits per heavy atom. The van der Waals surface area contributed by atoms with Gasteiger partial charge in [-0.15, -0.1) is 11.8 Å². The van der Waals surface area contributed by atoms with Crippen LogP contribution in [-0.4, -0.2) is 23.1 Å². The first-order valence-corrected chi connectivity index (χ1v) is 8.92. The molecule has 2 aromatic rings. The molecule has 3 rings (SSSR count). The summed E-state index contributed by atoms with van der Waals surface area (Å²) >= 11 is 1.84. The van der Waals surface area contributed by atoms with Gasteiger partial charge in [0.1, 0.15) is 5.37 Å². The zero-order valence-corrected chi connectivity index (χ0v) is 14.3. The molecule has 1 aliphatic heterocycles. The Bertz CT molecular complexity index is 724. The van der Waals surface area contributed by atoms with Crippen LogP contribution in [0.15, 0.2) is 54.6 Å². The largest absolute Gasteiger partial charge is 0.322 e. The van der Waals surface area contributed by atoms with Crippen molar-refractivity contribution in [1.29, 1.82) is 0 Å². The lowest BCUT2D eigenvalue weighted by Crippen LogP contribution is -2.29. The first-order chi connectivity index (χ1) is 11.1. The van der Waals surface area contributed by atoms with Crippen molar-refractivity contribution < 1.29 is 4.79 Å². The fraction of sp³-hybridized carbons (Fsp3) is 0.250. The summed E-state index contributed by atoms with van der Waals surface area (Å²) < 4.78 is 0. The summed E-state index contributed by atoms with van der Waals surface area (Å²) in [7, 11) is 0. The average molecular weight is 323 g/mol. The Labute approximate surface area is 142 Å². The topological polar surface area (TPSA) is 20.3 Å². The summed E-state index contributed by atoms with van der Waals surface area (Å²) in [5.41, 5.74) is 4.82. The van der Waals surface area contributed by atoms with Gasteiger partial charge in [0.2, 0.25) is 5.91 Å². The predicted octanol–water partition coefficient (Wildman–Crippen LogP) is 4.59. The molecule has 0 spiro atoms. The SMILES string of the molecule is Cc1ccc(C2SCCN2C(=O)C=Cc2ccccc2)c(C)c1. The molecular weight excluding hydrogens is 302 g/mol. The highest BCUT2D eigenvalue weighted by atomic mass is 32.2. The number of aryl methyl sites for hydroxylation is 2. The van der Waals surface area contributed by atoms with Crippen molar-refractivity contribution in [2.24, 2.45) is 0 Å². The molecule has 2 aromatic carbocycles. The highest BCUT2D eigenvalue weighted by Gasteiger charge is 2.30. The predicted molar refractivity (Wildman–Crippen MR) is 98.3 cm³/mol. The zero-order chi connectivity index (χ0) is 16.2. The van der Waals surface area contributed by atoms with Crippen LogP contribution in [0.25, 0.3) is 6.08 Å². The highest BCUT2D eigenvalue weighted by molar-refractivity contribution is 7.99. The minimum atomic E-state index is 0.0869. The quantitative estimate of drug-likeness (QED) is 0.770. The van der Waals surface area contributed by atoms with Crippen LogP contribution in [0.2, 0.25) is 0 Å². The summed E-state index contributed by atoms with van der Waals surface area (Å²) in [6.45, 7) is 5.04. The minimum Gasteiger partial charge on any atom is -0.322 e. The lowest BCUT2D eigenvalue weighted by atomic mass is 10.0. The maximum Gasteiger partial charge on any atom is 0.247 e. The third-order valence-corrected chi connectivity index (χ3v) is 5.33. The van der Waals surface area contributed by atoms with E-state index in [-0.39, 0.29) is 11.3 Å². The van der Waals surface area contributed by atoms with Crippen molar-refractivity contribution in [2.75, 3.05) is 12.3 Å². The Morgan fingerprint density at radius 2 is 1.96 bits per heavy atom. The number of benzene rings is 2. The van der Waals surface area contributed by atoms with Crippen LogP contribution < -0.4 is 0 Å². The smallest absolute Gasteiger partial charge is 0.247 e. The molecule has 1 saturated heterocycles. The maximum absolute atomic E-state index is 12.6. The number of rotatable bonds is 3. The number of carbonyl (C=O) groups excluding carboxylic acids is 1. The summed E-state index contributed by atoms with van der Waals surface area (Å²) in [6.07, 6.45) is 3.59. The van der Waals surface area contributed by atoms with Crippen molar-refractivity contribution in [3.05, 3.63) is 76.9 Å². The molecule has 1 unspecified atom stereocenters. The normalized spacial score (nSPS) is 17.8. The molecular formula is C20H21NOS. The van der Waals surface area contributed by atoms with Gasteiger partial charge in [0, 0.05) is 18.4 Å².